The summed E-state index contributed by atoms with van der Waals surface area (Å²) in [5.41, 5.74) is 2.33. The van der Waals surface area contributed by atoms with Crippen molar-refractivity contribution in [3.63, 3.8) is 0 Å². The molecule has 1 aromatic rings. The number of aliphatic hydroxyl groups excluding tert-OH is 1. The van der Waals surface area contributed by atoms with Crippen molar-refractivity contribution in [1.29, 1.82) is 0 Å². The molecule has 1 aromatic carbocycles. The number of β-amino-alcohol motifs (C(OH)–C–C–N with tert-alkyl or cyclic N) is 1. The highest BCUT2D eigenvalue weighted by Crippen LogP contribution is 2.08. The first-order chi connectivity index (χ1) is 8.65. The SMILES string of the molecule is Cc1ccccc1CNC(=O)CN1CCC(O)C1. The molecule has 1 aliphatic heterocycles. The van der Waals surface area contributed by atoms with Gasteiger partial charge in [-0.3, -0.25) is 9.69 Å². The maximum Gasteiger partial charge on any atom is 0.234 e. The van der Waals surface area contributed by atoms with Crippen LogP contribution in [0.25, 0.3) is 0 Å². The molecule has 1 atom stereocenters. The normalized spacial score (nSPS) is 20.0. The third kappa shape index (κ3) is 3.55. The average Bonchev–Trinajstić information content (AvgIpc) is 2.74. The van der Waals surface area contributed by atoms with E-state index in [0.717, 1.165) is 18.5 Å². The molecule has 1 heterocycles. The highest BCUT2D eigenvalue weighted by Gasteiger charge is 2.21. The first kappa shape index (κ1) is 13.1. The molecule has 1 fully saturated rings. The monoisotopic (exact) mass is 248 g/mol. The fourth-order valence-corrected chi connectivity index (χ4v) is 2.22. The number of aryl methyl sites for hydroxylation is 1. The van der Waals surface area contributed by atoms with Gasteiger partial charge in [0.25, 0.3) is 0 Å². The van der Waals surface area contributed by atoms with E-state index in [1.807, 2.05) is 36.1 Å². The quantitative estimate of drug-likeness (QED) is 0.824. The molecule has 2 rings (SSSR count). The van der Waals surface area contributed by atoms with E-state index in [1.54, 1.807) is 0 Å². The van der Waals surface area contributed by atoms with E-state index in [1.165, 1.54) is 5.56 Å². The molecule has 0 spiro atoms. The Morgan fingerprint density at radius 2 is 2.28 bits per heavy atom. The van der Waals surface area contributed by atoms with Crippen LogP contribution in [0, 0.1) is 6.92 Å². The molecule has 0 bridgehead atoms. The van der Waals surface area contributed by atoms with E-state index in [0.29, 0.717) is 19.6 Å². The van der Waals surface area contributed by atoms with E-state index >= 15 is 0 Å². The fraction of sp³-hybridized carbons (Fsp3) is 0.500. The summed E-state index contributed by atoms with van der Waals surface area (Å²) < 4.78 is 0. The summed E-state index contributed by atoms with van der Waals surface area (Å²) in [5.74, 6) is 0.0207. The van der Waals surface area contributed by atoms with E-state index in [4.69, 9.17) is 0 Å². The number of nitrogens with zero attached hydrogens (tertiary/aromatic N) is 1. The van der Waals surface area contributed by atoms with Crippen LogP contribution in [-0.4, -0.2) is 41.7 Å². The van der Waals surface area contributed by atoms with Crippen molar-refractivity contribution in [3.8, 4) is 0 Å². The van der Waals surface area contributed by atoms with Crippen molar-refractivity contribution >= 4 is 5.91 Å². The highest BCUT2D eigenvalue weighted by atomic mass is 16.3. The zero-order valence-corrected chi connectivity index (χ0v) is 10.7. The van der Waals surface area contributed by atoms with Crippen LogP contribution in [0.3, 0.4) is 0 Å². The van der Waals surface area contributed by atoms with Gasteiger partial charge < -0.3 is 10.4 Å². The Bertz CT molecular complexity index is 420. The fourth-order valence-electron chi connectivity index (χ4n) is 2.22. The average molecular weight is 248 g/mol. The lowest BCUT2D eigenvalue weighted by Crippen LogP contribution is -2.36. The number of rotatable bonds is 4. The van der Waals surface area contributed by atoms with Gasteiger partial charge in [0.05, 0.1) is 12.6 Å². The van der Waals surface area contributed by atoms with E-state index in [9.17, 15) is 9.90 Å². The lowest BCUT2D eigenvalue weighted by molar-refractivity contribution is -0.122. The number of carbonyl (C=O) groups excluding carboxylic acids is 1. The number of amides is 1. The second-order valence-corrected chi connectivity index (χ2v) is 4.88. The first-order valence-corrected chi connectivity index (χ1v) is 6.37. The van der Waals surface area contributed by atoms with Crippen molar-refractivity contribution in [2.45, 2.75) is 26.0 Å². The lowest BCUT2D eigenvalue weighted by atomic mass is 10.1. The second-order valence-electron chi connectivity index (χ2n) is 4.88. The molecule has 0 aromatic heterocycles. The Labute approximate surface area is 108 Å². The molecule has 1 saturated heterocycles. The van der Waals surface area contributed by atoms with Gasteiger partial charge in [0.1, 0.15) is 0 Å². The molecule has 2 N–H and O–H groups in total. The minimum Gasteiger partial charge on any atom is -0.392 e. The van der Waals surface area contributed by atoms with Crippen LogP contribution >= 0.6 is 0 Å². The molecule has 0 aliphatic carbocycles. The van der Waals surface area contributed by atoms with E-state index < -0.39 is 0 Å². The molecule has 1 unspecified atom stereocenters. The minimum atomic E-state index is -0.269. The zero-order valence-electron chi connectivity index (χ0n) is 10.7. The number of benzene rings is 1. The van der Waals surface area contributed by atoms with Crippen LogP contribution in [-0.2, 0) is 11.3 Å². The number of likely N-dealkylation sites (tertiary alicyclic amines) is 1. The summed E-state index contributed by atoms with van der Waals surface area (Å²) in [6.07, 6.45) is 0.500. The third-order valence-corrected chi connectivity index (χ3v) is 3.35. The molecule has 4 nitrogen and oxygen atoms in total. The maximum absolute atomic E-state index is 11.8. The summed E-state index contributed by atoms with van der Waals surface area (Å²) in [5, 5.41) is 12.3. The van der Waals surface area contributed by atoms with Gasteiger partial charge in [0, 0.05) is 19.6 Å². The summed E-state index contributed by atoms with van der Waals surface area (Å²) in [6.45, 7) is 4.40. The summed E-state index contributed by atoms with van der Waals surface area (Å²) >= 11 is 0. The molecule has 98 valence electrons. The van der Waals surface area contributed by atoms with Crippen molar-refractivity contribution in [1.82, 2.24) is 10.2 Å². The van der Waals surface area contributed by atoms with Crippen molar-refractivity contribution in [2.75, 3.05) is 19.6 Å². The number of aliphatic hydroxyl groups is 1. The van der Waals surface area contributed by atoms with Gasteiger partial charge in [-0.2, -0.15) is 0 Å². The van der Waals surface area contributed by atoms with Crippen LogP contribution in [0.1, 0.15) is 17.5 Å². The smallest absolute Gasteiger partial charge is 0.234 e. The molecular formula is C14H20N2O2. The topological polar surface area (TPSA) is 52.6 Å². The van der Waals surface area contributed by atoms with Crippen LogP contribution < -0.4 is 5.32 Å². The van der Waals surface area contributed by atoms with Crippen LogP contribution in [0.15, 0.2) is 24.3 Å². The molecule has 18 heavy (non-hydrogen) atoms. The largest absolute Gasteiger partial charge is 0.392 e. The third-order valence-electron chi connectivity index (χ3n) is 3.35. The summed E-state index contributed by atoms with van der Waals surface area (Å²) in [4.78, 5) is 13.7. The van der Waals surface area contributed by atoms with Gasteiger partial charge in [-0.05, 0) is 24.5 Å². The number of hydrogen-bond acceptors (Lipinski definition) is 3. The minimum absolute atomic E-state index is 0.0207. The van der Waals surface area contributed by atoms with Crippen LogP contribution in [0.4, 0.5) is 0 Å². The predicted molar refractivity (Wildman–Crippen MR) is 70.1 cm³/mol. The molecule has 1 amide bonds. The Morgan fingerprint density at radius 1 is 1.50 bits per heavy atom. The first-order valence-electron chi connectivity index (χ1n) is 6.37. The van der Waals surface area contributed by atoms with Gasteiger partial charge >= 0.3 is 0 Å². The van der Waals surface area contributed by atoms with E-state index in [-0.39, 0.29) is 12.0 Å². The molecule has 0 saturated carbocycles. The molecule has 1 aliphatic rings. The van der Waals surface area contributed by atoms with Crippen LogP contribution in [0.2, 0.25) is 0 Å². The Kier molecular flexibility index (Phi) is 4.33. The second kappa shape index (κ2) is 5.98. The number of carbonyl (C=O) groups is 1. The number of hydrogen-bond donors (Lipinski definition) is 2. The maximum atomic E-state index is 11.8. The molecule has 0 radical (unpaired) electrons. The van der Waals surface area contributed by atoms with Gasteiger partial charge in [-0.1, -0.05) is 24.3 Å². The summed E-state index contributed by atoms with van der Waals surface area (Å²) in [7, 11) is 0. The Balaban J connectivity index is 1.77. The Morgan fingerprint density at radius 3 is 2.94 bits per heavy atom. The predicted octanol–water partition coefficient (Wildman–Crippen LogP) is 0.678. The molecular weight excluding hydrogens is 228 g/mol. The van der Waals surface area contributed by atoms with Crippen molar-refractivity contribution in [2.24, 2.45) is 0 Å². The zero-order chi connectivity index (χ0) is 13.0. The van der Waals surface area contributed by atoms with Gasteiger partial charge in [-0.25, -0.2) is 0 Å². The number of nitrogens with one attached hydrogen (secondary N) is 1. The van der Waals surface area contributed by atoms with Crippen molar-refractivity contribution in [3.05, 3.63) is 35.4 Å². The van der Waals surface area contributed by atoms with E-state index in [2.05, 4.69) is 5.32 Å². The standard InChI is InChI=1S/C14H20N2O2/c1-11-4-2-3-5-12(11)8-15-14(18)10-16-7-6-13(17)9-16/h2-5,13,17H,6-10H2,1H3,(H,15,18). The Hall–Kier alpha value is -1.39. The van der Waals surface area contributed by atoms with Gasteiger partial charge in [0.2, 0.25) is 5.91 Å². The molecule has 4 heteroatoms. The van der Waals surface area contributed by atoms with Crippen LogP contribution in [0.5, 0.6) is 0 Å². The van der Waals surface area contributed by atoms with Gasteiger partial charge in [-0.15, -0.1) is 0 Å². The summed E-state index contributed by atoms with van der Waals surface area (Å²) in [6, 6.07) is 8.03. The van der Waals surface area contributed by atoms with Gasteiger partial charge in [0.15, 0.2) is 0 Å². The lowest BCUT2D eigenvalue weighted by Gasteiger charge is -2.14. The van der Waals surface area contributed by atoms with Crippen molar-refractivity contribution < 1.29 is 9.90 Å². The highest BCUT2D eigenvalue weighted by molar-refractivity contribution is 5.78.